The summed E-state index contributed by atoms with van der Waals surface area (Å²) in [6, 6.07) is 19.0. The molecule has 2 atom stereocenters. The molecule has 0 radical (unpaired) electrons. The number of anilines is 3. The molecule has 3 aromatic heterocycles. The molecule has 0 aliphatic carbocycles. The first-order valence-electron chi connectivity index (χ1n) is 23.2. The van der Waals surface area contributed by atoms with Crippen molar-refractivity contribution in [1.82, 2.24) is 24.6 Å². The van der Waals surface area contributed by atoms with Crippen LogP contribution in [-0.4, -0.2) is 118 Å². The summed E-state index contributed by atoms with van der Waals surface area (Å²) in [4.78, 5) is 78.4. The van der Waals surface area contributed by atoms with Gasteiger partial charge < -0.3 is 40.1 Å². The number of hydrogen-bond donors (Lipinski definition) is 4. The molecule has 6 aromatic rings. The Morgan fingerprint density at radius 2 is 1.77 bits per heavy atom. The first-order chi connectivity index (χ1) is 33.7. The quantitative estimate of drug-likeness (QED) is 0.0497. The van der Waals surface area contributed by atoms with Crippen molar-refractivity contribution in [2.45, 2.75) is 81.7 Å². The third-order valence-electron chi connectivity index (χ3n) is 12.9. The summed E-state index contributed by atoms with van der Waals surface area (Å²) in [5.41, 5.74) is 6.47. The van der Waals surface area contributed by atoms with E-state index in [1.807, 2.05) is 62.8 Å². The maximum Gasteiger partial charge on any atom is 0.349 e. The summed E-state index contributed by atoms with van der Waals surface area (Å²) in [5.74, 6) is -1.21. The zero-order chi connectivity index (χ0) is 49.7. The van der Waals surface area contributed by atoms with E-state index in [4.69, 9.17) is 31.4 Å². The van der Waals surface area contributed by atoms with E-state index in [0.717, 1.165) is 114 Å². The number of piperidine rings is 2. The highest BCUT2D eigenvalue weighted by Crippen LogP contribution is 2.47. The number of halogens is 1. The number of nitrogens with one attached hydrogen (secondary N) is 2. The van der Waals surface area contributed by atoms with Crippen molar-refractivity contribution < 1.29 is 38.9 Å². The molecule has 0 saturated carbocycles. The van der Waals surface area contributed by atoms with Crippen molar-refractivity contribution in [2.75, 3.05) is 55.5 Å². The van der Waals surface area contributed by atoms with Crippen LogP contribution in [0.1, 0.15) is 89.7 Å². The molecular weight excluding hydrogens is 952 g/mol. The number of aliphatic carboxylic acids is 1. The summed E-state index contributed by atoms with van der Waals surface area (Å²) in [6.45, 7) is 6.23. The molecule has 3 aliphatic heterocycles. The third kappa shape index (κ3) is 10.6. The number of carboxylic acid groups (broad SMARTS) is 2. The summed E-state index contributed by atoms with van der Waals surface area (Å²) < 4.78 is 7.67. The zero-order valence-corrected chi connectivity index (χ0v) is 41.7. The number of pyridine rings is 1. The van der Waals surface area contributed by atoms with Crippen molar-refractivity contribution in [3.63, 3.8) is 0 Å². The number of benzene rings is 3. The molecule has 9 rings (SSSR count). The lowest BCUT2D eigenvalue weighted by Gasteiger charge is -2.45. The highest BCUT2D eigenvalue weighted by Gasteiger charge is 2.37. The van der Waals surface area contributed by atoms with Crippen molar-refractivity contribution in [3.8, 4) is 16.2 Å². The Morgan fingerprint density at radius 1 is 1.00 bits per heavy atom. The second-order valence-electron chi connectivity index (χ2n) is 18.2. The maximum absolute atomic E-state index is 13.6. The van der Waals surface area contributed by atoms with Crippen LogP contribution in [0.15, 0.2) is 73.1 Å². The standard InChI is InChI=1S/C49H48ClN7O8S2.C2H7N/c1-49(2)22-31(53-30-7-3-6-29(20-30)45-43(50)44(65-26-41(60)61)46(67-45)48(63)64)15-18-56(49)66-27-40-52-24-38-37(54-40)21-33(23-51-38)55-16-13-28(14-17-55)34-11-12-39-42-35(34)9-4-10-36(42)47(62)57(39)32(25-59)8-5-19-58;1-3-2/h3-4,6-7,9-12,19-21,23-25,28,31-32,53H,5,8,13-18,22,26-27H2,1-2H3,(H,60,61)(H,63,64);3H,1-2H3. The SMILES string of the molecule is CC1(C)CC(Nc2cccc(-c3sc(C(=O)O)c(OCC(=O)O)c3Cl)c2)CCN1SCc1ncc2ncc(N3CCC(c4ccc5c6c(cccc46)C(=O)N5C(C=O)CCC=O)CC3)cc2n1.CNC. The van der Waals surface area contributed by atoms with Gasteiger partial charge in [-0.25, -0.2) is 23.9 Å². The van der Waals surface area contributed by atoms with E-state index in [2.05, 4.69) is 56.9 Å². The molecule has 366 valence electrons. The van der Waals surface area contributed by atoms with Crippen LogP contribution < -0.4 is 25.2 Å². The molecular formula is C51H55ClN8O8S2. The molecule has 19 heteroatoms. The molecule has 4 N–H and O–H groups in total. The average molecular weight is 1010 g/mol. The number of carboxylic acids is 2. The molecule has 0 bridgehead atoms. The largest absolute Gasteiger partial charge is 0.479 e. The number of aldehydes is 2. The Morgan fingerprint density at radius 3 is 2.49 bits per heavy atom. The van der Waals surface area contributed by atoms with Gasteiger partial charge in [-0.05, 0) is 113 Å². The topological polar surface area (TPSA) is 207 Å². The van der Waals surface area contributed by atoms with Gasteiger partial charge in [-0.3, -0.25) is 14.7 Å². The fourth-order valence-electron chi connectivity index (χ4n) is 9.70. The number of ether oxygens (including phenoxy) is 1. The fraction of sp³-hybridized carbons (Fsp3) is 0.373. The highest BCUT2D eigenvalue weighted by molar-refractivity contribution is 7.96. The summed E-state index contributed by atoms with van der Waals surface area (Å²) in [7, 11) is 3.75. The van der Waals surface area contributed by atoms with Gasteiger partial charge in [0, 0.05) is 54.3 Å². The van der Waals surface area contributed by atoms with Gasteiger partial charge in [0.25, 0.3) is 5.91 Å². The van der Waals surface area contributed by atoms with Gasteiger partial charge in [0.1, 0.15) is 28.9 Å². The van der Waals surface area contributed by atoms with Gasteiger partial charge in [-0.15, -0.1) is 11.3 Å². The van der Waals surface area contributed by atoms with Crippen molar-refractivity contribution in [2.24, 2.45) is 0 Å². The maximum atomic E-state index is 13.6. The normalized spacial score (nSPS) is 17.3. The molecule has 3 aliphatic rings. The second kappa shape index (κ2) is 21.9. The van der Waals surface area contributed by atoms with Crippen molar-refractivity contribution in [3.05, 3.63) is 99.9 Å². The van der Waals surface area contributed by atoms with Crippen LogP contribution in [0.2, 0.25) is 5.02 Å². The van der Waals surface area contributed by atoms with E-state index in [-0.39, 0.29) is 51.9 Å². The van der Waals surface area contributed by atoms with Gasteiger partial charge in [-0.1, -0.05) is 53.9 Å². The van der Waals surface area contributed by atoms with E-state index in [1.54, 1.807) is 23.0 Å². The van der Waals surface area contributed by atoms with Gasteiger partial charge in [0.05, 0.1) is 46.0 Å². The summed E-state index contributed by atoms with van der Waals surface area (Å²) in [5, 5.41) is 27.2. The zero-order valence-electron chi connectivity index (χ0n) is 39.3. The lowest BCUT2D eigenvalue weighted by molar-refractivity contribution is -0.139. The fourth-order valence-corrected chi connectivity index (χ4v) is 12.2. The Labute approximate surface area is 418 Å². The number of carbonyl (C=O) groups excluding carboxylic acids is 3. The lowest BCUT2D eigenvalue weighted by atomic mass is 9.85. The van der Waals surface area contributed by atoms with Gasteiger partial charge in [0.15, 0.2) is 17.2 Å². The number of thiophene rings is 1. The monoisotopic (exact) mass is 1010 g/mol. The first-order valence-corrected chi connectivity index (χ1v) is 25.3. The third-order valence-corrected chi connectivity index (χ3v) is 15.9. The minimum atomic E-state index is -1.25. The van der Waals surface area contributed by atoms with Gasteiger partial charge in [-0.2, -0.15) is 0 Å². The van der Waals surface area contributed by atoms with E-state index >= 15 is 0 Å². The van der Waals surface area contributed by atoms with E-state index in [9.17, 15) is 29.1 Å². The van der Waals surface area contributed by atoms with E-state index in [0.29, 0.717) is 21.8 Å². The molecule has 70 heavy (non-hydrogen) atoms. The molecule has 2 unspecified atom stereocenters. The van der Waals surface area contributed by atoms with Crippen molar-refractivity contribution >= 4 is 104 Å². The Bertz CT molecular complexity index is 2940. The molecule has 2 fully saturated rings. The number of nitrogens with zero attached hydrogens (tertiary/aromatic N) is 6. The van der Waals surface area contributed by atoms with Crippen LogP contribution >= 0.6 is 34.9 Å². The summed E-state index contributed by atoms with van der Waals surface area (Å²) >= 11 is 9.23. The molecule has 6 heterocycles. The lowest BCUT2D eigenvalue weighted by Crippen LogP contribution is -2.49. The van der Waals surface area contributed by atoms with Gasteiger partial charge in [0.2, 0.25) is 0 Å². The summed E-state index contributed by atoms with van der Waals surface area (Å²) in [6.07, 6.45) is 9.30. The van der Waals surface area contributed by atoms with Crippen LogP contribution in [0.4, 0.5) is 17.1 Å². The smallest absolute Gasteiger partial charge is 0.349 e. The van der Waals surface area contributed by atoms with Crippen LogP contribution in [0.5, 0.6) is 5.75 Å². The minimum Gasteiger partial charge on any atom is -0.479 e. The number of aromatic carboxylic acids is 1. The van der Waals surface area contributed by atoms with E-state index in [1.165, 1.54) is 5.56 Å². The van der Waals surface area contributed by atoms with Gasteiger partial charge >= 0.3 is 11.9 Å². The highest BCUT2D eigenvalue weighted by atomic mass is 35.5. The van der Waals surface area contributed by atoms with Crippen LogP contribution in [0.25, 0.3) is 32.2 Å². The number of amides is 1. The Balaban J connectivity index is 0.00000214. The molecule has 0 spiro atoms. The molecule has 16 nitrogen and oxygen atoms in total. The first kappa shape index (κ1) is 50.2. The second-order valence-corrected chi connectivity index (χ2v) is 20.6. The van der Waals surface area contributed by atoms with Crippen LogP contribution in [-0.2, 0) is 20.1 Å². The number of rotatable bonds is 17. The average Bonchev–Trinajstić information content (AvgIpc) is 3.84. The molecule has 3 aromatic carbocycles. The Kier molecular flexibility index (Phi) is 15.7. The van der Waals surface area contributed by atoms with Crippen molar-refractivity contribution in [1.29, 1.82) is 0 Å². The Hall–Kier alpha value is -6.18. The predicted molar refractivity (Wildman–Crippen MR) is 276 cm³/mol. The molecule has 2 saturated heterocycles. The number of hydrogen-bond acceptors (Lipinski definition) is 15. The number of carbonyl (C=O) groups is 5. The number of fused-ring (bicyclic) bond motifs is 1. The van der Waals surface area contributed by atoms with E-state index < -0.39 is 24.6 Å². The predicted octanol–water partition coefficient (Wildman–Crippen LogP) is 8.95. The van der Waals surface area contributed by atoms with Crippen LogP contribution in [0, 0.1) is 0 Å². The number of aromatic nitrogens is 3. The van der Waals surface area contributed by atoms with Crippen LogP contribution in [0.3, 0.4) is 0 Å². The minimum absolute atomic E-state index is 0.0672. The molecule has 1 amide bonds.